The SMILES string of the molecule is Cc1oc(-c2ccccc2)nc1COc1ccc(CO/N=C(/C(=O)O)c2ccc(Br)cc2)cc1. The number of hydrogen-bond donors (Lipinski definition) is 1. The molecule has 0 saturated carbocycles. The Morgan fingerprint density at radius 1 is 1.00 bits per heavy atom. The first kappa shape index (κ1) is 23.3. The first-order valence-corrected chi connectivity index (χ1v) is 11.2. The number of halogens is 1. The number of aryl methyl sites for hydroxylation is 1. The Morgan fingerprint density at radius 2 is 1.71 bits per heavy atom. The van der Waals surface area contributed by atoms with Gasteiger partial charge >= 0.3 is 5.97 Å². The van der Waals surface area contributed by atoms with E-state index in [0.717, 1.165) is 21.3 Å². The number of ether oxygens (including phenoxy) is 1. The molecule has 0 atom stereocenters. The van der Waals surface area contributed by atoms with Gasteiger partial charge in [0.15, 0.2) is 5.71 Å². The van der Waals surface area contributed by atoms with Crippen LogP contribution in [-0.2, 0) is 22.8 Å². The maximum atomic E-state index is 11.5. The predicted molar refractivity (Wildman–Crippen MR) is 131 cm³/mol. The maximum absolute atomic E-state index is 11.5. The minimum atomic E-state index is -1.16. The summed E-state index contributed by atoms with van der Waals surface area (Å²) < 4.78 is 12.5. The Hall–Kier alpha value is -3.91. The molecule has 1 N–H and O–H groups in total. The van der Waals surface area contributed by atoms with Crippen LogP contribution in [0.2, 0.25) is 0 Å². The minimum absolute atomic E-state index is 0.121. The second-order valence-electron chi connectivity index (χ2n) is 7.35. The number of carboxylic acids is 1. The molecule has 0 radical (unpaired) electrons. The zero-order valence-electron chi connectivity index (χ0n) is 18.3. The second-order valence-corrected chi connectivity index (χ2v) is 8.26. The molecule has 0 fully saturated rings. The van der Waals surface area contributed by atoms with Gasteiger partial charge in [0.25, 0.3) is 0 Å². The highest BCUT2D eigenvalue weighted by atomic mass is 79.9. The van der Waals surface area contributed by atoms with E-state index in [2.05, 4.69) is 26.1 Å². The summed E-state index contributed by atoms with van der Waals surface area (Å²) >= 11 is 3.32. The molecule has 3 aromatic carbocycles. The molecule has 0 unspecified atom stereocenters. The van der Waals surface area contributed by atoms with Crippen LogP contribution in [0.3, 0.4) is 0 Å². The van der Waals surface area contributed by atoms with Crippen molar-refractivity contribution in [1.29, 1.82) is 0 Å². The lowest BCUT2D eigenvalue weighted by Crippen LogP contribution is -2.15. The van der Waals surface area contributed by atoms with Gasteiger partial charge in [-0.05, 0) is 48.9 Å². The number of aliphatic carboxylic acids is 1. The molecule has 0 aliphatic carbocycles. The molecule has 0 saturated heterocycles. The number of rotatable bonds is 9. The lowest BCUT2D eigenvalue weighted by atomic mass is 10.1. The van der Waals surface area contributed by atoms with Crippen LogP contribution in [0.5, 0.6) is 5.75 Å². The van der Waals surface area contributed by atoms with E-state index in [1.807, 2.05) is 61.5 Å². The minimum Gasteiger partial charge on any atom is -0.487 e. The van der Waals surface area contributed by atoms with Crippen LogP contribution in [0.25, 0.3) is 11.5 Å². The number of oxime groups is 1. The zero-order valence-corrected chi connectivity index (χ0v) is 19.9. The lowest BCUT2D eigenvalue weighted by molar-refractivity contribution is -0.129. The Morgan fingerprint density at radius 3 is 2.38 bits per heavy atom. The third-order valence-electron chi connectivity index (χ3n) is 4.92. The summed E-state index contributed by atoms with van der Waals surface area (Å²) in [5, 5.41) is 13.2. The van der Waals surface area contributed by atoms with E-state index in [-0.39, 0.29) is 18.9 Å². The van der Waals surface area contributed by atoms with Crippen molar-refractivity contribution in [2.75, 3.05) is 0 Å². The van der Waals surface area contributed by atoms with Crippen molar-refractivity contribution in [2.45, 2.75) is 20.1 Å². The van der Waals surface area contributed by atoms with Crippen molar-refractivity contribution in [3.63, 3.8) is 0 Å². The summed E-state index contributed by atoms with van der Waals surface area (Å²) in [6.45, 7) is 2.26. The van der Waals surface area contributed by atoms with E-state index < -0.39 is 5.97 Å². The van der Waals surface area contributed by atoms with E-state index in [1.54, 1.807) is 24.3 Å². The van der Waals surface area contributed by atoms with Crippen molar-refractivity contribution in [2.24, 2.45) is 5.16 Å². The topological polar surface area (TPSA) is 94.2 Å². The summed E-state index contributed by atoms with van der Waals surface area (Å²) in [5.74, 6) is 0.775. The van der Waals surface area contributed by atoms with Gasteiger partial charge < -0.3 is 19.1 Å². The lowest BCUT2D eigenvalue weighted by Gasteiger charge is -2.06. The van der Waals surface area contributed by atoms with Gasteiger partial charge in [-0.2, -0.15) is 0 Å². The molecule has 0 spiro atoms. The number of carbonyl (C=O) groups is 1. The molecule has 1 heterocycles. The van der Waals surface area contributed by atoms with Crippen LogP contribution in [0.15, 0.2) is 92.9 Å². The molecule has 0 aliphatic rings. The molecule has 4 aromatic rings. The van der Waals surface area contributed by atoms with E-state index in [0.29, 0.717) is 23.0 Å². The first-order valence-electron chi connectivity index (χ1n) is 10.4. The van der Waals surface area contributed by atoms with Gasteiger partial charge in [-0.1, -0.05) is 63.6 Å². The summed E-state index contributed by atoms with van der Waals surface area (Å²) in [6, 6.07) is 23.8. The van der Waals surface area contributed by atoms with Gasteiger partial charge in [0.1, 0.15) is 30.4 Å². The number of hydrogen-bond acceptors (Lipinski definition) is 6. The van der Waals surface area contributed by atoms with Crippen LogP contribution in [0.1, 0.15) is 22.6 Å². The predicted octanol–water partition coefficient (Wildman–Crippen LogP) is 6.00. The highest BCUT2D eigenvalue weighted by molar-refractivity contribution is 9.10. The number of nitrogens with zero attached hydrogens (tertiary/aromatic N) is 2. The summed E-state index contributed by atoms with van der Waals surface area (Å²) in [5.41, 5.74) is 2.76. The van der Waals surface area contributed by atoms with E-state index in [1.165, 1.54) is 0 Å². The highest BCUT2D eigenvalue weighted by Crippen LogP contribution is 2.23. The molecule has 8 heteroatoms. The van der Waals surface area contributed by atoms with Crippen molar-refractivity contribution < 1.29 is 23.9 Å². The molecule has 4 rings (SSSR count). The van der Waals surface area contributed by atoms with Crippen LogP contribution in [0.4, 0.5) is 0 Å². The fraction of sp³-hybridized carbons (Fsp3) is 0.115. The Bertz CT molecular complexity index is 1280. The average molecular weight is 521 g/mol. The van der Waals surface area contributed by atoms with Crippen LogP contribution >= 0.6 is 15.9 Å². The van der Waals surface area contributed by atoms with Gasteiger partial charge in [0.05, 0.1) is 0 Å². The number of oxazole rings is 1. The summed E-state index contributed by atoms with van der Waals surface area (Å²) in [4.78, 5) is 21.3. The molecular formula is C26H21BrN2O5. The third kappa shape index (κ3) is 5.90. The molecule has 1 aromatic heterocycles. The Balaban J connectivity index is 1.34. The van der Waals surface area contributed by atoms with Gasteiger partial charge in [-0.3, -0.25) is 0 Å². The zero-order chi connectivity index (χ0) is 23.9. The van der Waals surface area contributed by atoms with E-state index in [9.17, 15) is 9.90 Å². The van der Waals surface area contributed by atoms with Crippen molar-refractivity contribution in [1.82, 2.24) is 4.98 Å². The number of aromatic nitrogens is 1. The highest BCUT2D eigenvalue weighted by Gasteiger charge is 2.14. The fourth-order valence-electron chi connectivity index (χ4n) is 3.09. The Labute approximate surface area is 204 Å². The smallest absolute Gasteiger partial charge is 0.358 e. The van der Waals surface area contributed by atoms with Gasteiger partial charge in [0, 0.05) is 15.6 Å². The van der Waals surface area contributed by atoms with Gasteiger partial charge in [0.2, 0.25) is 5.89 Å². The maximum Gasteiger partial charge on any atom is 0.358 e. The second kappa shape index (κ2) is 10.8. The summed E-state index contributed by atoms with van der Waals surface area (Å²) in [6.07, 6.45) is 0. The standard InChI is InChI=1S/C26H21BrN2O5/c1-17-23(28-25(34-17)20-5-3-2-4-6-20)16-32-22-13-7-18(8-14-22)15-33-29-24(26(30)31)19-9-11-21(27)12-10-19/h2-14H,15-16H2,1H3,(H,30,31)/b29-24+. The normalized spacial score (nSPS) is 11.3. The van der Waals surface area contributed by atoms with Gasteiger partial charge in [-0.25, -0.2) is 9.78 Å². The van der Waals surface area contributed by atoms with Crippen LogP contribution in [-0.4, -0.2) is 21.8 Å². The monoisotopic (exact) mass is 520 g/mol. The van der Waals surface area contributed by atoms with E-state index >= 15 is 0 Å². The van der Waals surface area contributed by atoms with E-state index in [4.69, 9.17) is 14.0 Å². The molecule has 0 aliphatic heterocycles. The van der Waals surface area contributed by atoms with Crippen molar-refractivity contribution >= 4 is 27.6 Å². The largest absolute Gasteiger partial charge is 0.487 e. The van der Waals surface area contributed by atoms with Crippen molar-refractivity contribution in [3.05, 3.63) is 106 Å². The number of benzene rings is 3. The Kier molecular flexibility index (Phi) is 7.39. The quantitative estimate of drug-likeness (QED) is 0.215. The molecule has 7 nitrogen and oxygen atoms in total. The third-order valence-corrected chi connectivity index (χ3v) is 5.45. The van der Waals surface area contributed by atoms with Gasteiger partial charge in [-0.15, -0.1) is 0 Å². The fourth-order valence-corrected chi connectivity index (χ4v) is 3.36. The molecular weight excluding hydrogens is 500 g/mol. The summed E-state index contributed by atoms with van der Waals surface area (Å²) in [7, 11) is 0. The number of carboxylic acid groups (broad SMARTS) is 1. The first-order chi connectivity index (χ1) is 16.5. The molecule has 0 bridgehead atoms. The van der Waals surface area contributed by atoms with Crippen molar-refractivity contribution in [3.8, 4) is 17.2 Å². The van der Waals surface area contributed by atoms with Crippen LogP contribution < -0.4 is 4.74 Å². The average Bonchev–Trinajstić information content (AvgIpc) is 3.23. The molecule has 172 valence electrons. The van der Waals surface area contributed by atoms with Crippen LogP contribution in [0, 0.1) is 6.92 Å². The molecule has 34 heavy (non-hydrogen) atoms. The molecule has 0 amide bonds.